The summed E-state index contributed by atoms with van der Waals surface area (Å²) in [5.74, 6) is -0.802. The molecule has 0 N–H and O–H groups in total. The molecule has 4 rings (SSSR count). The second-order valence-electron chi connectivity index (χ2n) is 6.81. The first-order chi connectivity index (χ1) is 15.4. The molecule has 1 fully saturated rings. The van der Waals surface area contributed by atoms with Gasteiger partial charge in [0.25, 0.3) is 11.8 Å². The van der Waals surface area contributed by atoms with Crippen molar-refractivity contribution in [3.8, 4) is 5.75 Å². The lowest BCUT2D eigenvalue weighted by Gasteiger charge is -2.33. The molecule has 160 valence electrons. The van der Waals surface area contributed by atoms with Gasteiger partial charge in [0.05, 0.1) is 27.4 Å². The molecular formula is C24H16Br2N2O4. The number of methoxy groups -OCH3 is 1. The zero-order valence-electron chi connectivity index (χ0n) is 16.8. The van der Waals surface area contributed by atoms with Crippen molar-refractivity contribution in [1.82, 2.24) is 0 Å². The van der Waals surface area contributed by atoms with E-state index in [1.807, 2.05) is 0 Å². The van der Waals surface area contributed by atoms with Crippen LogP contribution in [0.5, 0.6) is 5.75 Å². The molecule has 0 atom stereocenters. The van der Waals surface area contributed by atoms with Crippen LogP contribution in [-0.4, -0.2) is 25.0 Å². The number of hydrogen-bond donors (Lipinski definition) is 0. The Morgan fingerprint density at radius 3 is 1.59 bits per heavy atom. The van der Waals surface area contributed by atoms with Crippen LogP contribution in [0.15, 0.2) is 87.3 Å². The average molecular weight is 556 g/mol. The van der Waals surface area contributed by atoms with Crippen LogP contribution in [0.4, 0.5) is 16.2 Å². The Morgan fingerprint density at radius 2 is 1.19 bits per heavy atom. The first-order valence-corrected chi connectivity index (χ1v) is 11.1. The van der Waals surface area contributed by atoms with Crippen molar-refractivity contribution >= 4 is 67.2 Å². The number of carbonyl (C=O) groups is 3. The van der Waals surface area contributed by atoms with Crippen molar-refractivity contribution in [2.24, 2.45) is 0 Å². The molecule has 3 aromatic carbocycles. The first-order valence-electron chi connectivity index (χ1n) is 9.50. The minimum Gasteiger partial charge on any atom is -0.494 e. The van der Waals surface area contributed by atoms with Crippen molar-refractivity contribution in [2.45, 2.75) is 0 Å². The molecule has 0 aromatic heterocycles. The van der Waals surface area contributed by atoms with E-state index < -0.39 is 17.8 Å². The fraction of sp³-hybridized carbons (Fsp3) is 0.0417. The van der Waals surface area contributed by atoms with Crippen LogP contribution >= 0.6 is 31.9 Å². The van der Waals surface area contributed by atoms with E-state index in [0.29, 0.717) is 31.6 Å². The summed E-state index contributed by atoms with van der Waals surface area (Å²) in [6, 6.07) is 19.8. The van der Waals surface area contributed by atoms with Gasteiger partial charge in [0.15, 0.2) is 0 Å². The Hall–Kier alpha value is -3.23. The van der Waals surface area contributed by atoms with E-state index in [4.69, 9.17) is 4.74 Å². The van der Waals surface area contributed by atoms with Crippen LogP contribution in [-0.2, 0) is 9.59 Å². The lowest BCUT2D eigenvalue weighted by atomic mass is 10.0. The molecule has 0 bridgehead atoms. The number of rotatable bonds is 4. The zero-order chi connectivity index (χ0) is 22.8. The summed E-state index contributed by atoms with van der Waals surface area (Å²) in [7, 11) is 1.54. The summed E-state index contributed by atoms with van der Waals surface area (Å²) < 4.78 is 6.61. The summed E-state index contributed by atoms with van der Waals surface area (Å²) in [6.45, 7) is 0. The SMILES string of the molecule is COc1c(Br)cc(C=C2C(=O)N(c3ccccc3)C(=O)N(c3ccccc3)C2=O)cc1Br. The molecule has 0 spiro atoms. The van der Waals surface area contributed by atoms with Crippen LogP contribution in [0.2, 0.25) is 0 Å². The third kappa shape index (κ3) is 3.99. The van der Waals surface area contributed by atoms with Crippen LogP contribution < -0.4 is 14.5 Å². The van der Waals surface area contributed by atoms with E-state index in [-0.39, 0.29) is 5.57 Å². The number of carbonyl (C=O) groups excluding carboxylic acids is 3. The predicted molar refractivity (Wildman–Crippen MR) is 130 cm³/mol. The van der Waals surface area contributed by atoms with Crippen molar-refractivity contribution in [3.05, 3.63) is 92.9 Å². The average Bonchev–Trinajstić information content (AvgIpc) is 2.78. The van der Waals surface area contributed by atoms with Gasteiger partial charge in [-0.1, -0.05) is 36.4 Å². The van der Waals surface area contributed by atoms with Crippen LogP contribution in [0.25, 0.3) is 6.08 Å². The maximum absolute atomic E-state index is 13.4. The number of nitrogens with zero attached hydrogens (tertiary/aromatic N) is 2. The molecule has 1 heterocycles. The maximum atomic E-state index is 13.4. The van der Waals surface area contributed by atoms with Crippen LogP contribution in [0.3, 0.4) is 0 Å². The van der Waals surface area contributed by atoms with Crippen molar-refractivity contribution < 1.29 is 19.1 Å². The number of hydrogen-bond acceptors (Lipinski definition) is 4. The molecule has 6 nitrogen and oxygen atoms in total. The van der Waals surface area contributed by atoms with Gasteiger partial charge in [-0.25, -0.2) is 14.6 Å². The highest BCUT2D eigenvalue weighted by molar-refractivity contribution is 9.11. The predicted octanol–water partition coefficient (Wildman–Crippen LogP) is 5.80. The van der Waals surface area contributed by atoms with E-state index in [1.54, 1.807) is 72.8 Å². The molecule has 32 heavy (non-hydrogen) atoms. The highest BCUT2D eigenvalue weighted by atomic mass is 79.9. The lowest BCUT2D eigenvalue weighted by molar-refractivity contribution is -0.121. The van der Waals surface area contributed by atoms with Crippen LogP contribution in [0.1, 0.15) is 5.56 Å². The molecule has 0 unspecified atom stereocenters. The van der Waals surface area contributed by atoms with Gasteiger partial charge >= 0.3 is 6.03 Å². The quantitative estimate of drug-likeness (QED) is 0.301. The Morgan fingerprint density at radius 1 is 0.750 bits per heavy atom. The summed E-state index contributed by atoms with van der Waals surface area (Å²) >= 11 is 6.86. The van der Waals surface area contributed by atoms with Crippen molar-refractivity contribution in [1.29, 1.82) is 0 Å². The van der Waals surface area contributed by atoms with Crippen molar-refractivity contribution in [3.63, 3.8) is 0 Å². The Bertz CT molecular complexity index is 1160. The molecule has 0 radical (unpaired) electrons. The molecule has 3 aromatic rings. The minimum atomic E-state index is -0.730. The molecule has 0 saturated carbocycles. The number of benzene rings is 3. The van der Waals surface area contributed by atoms with Gasteiger partial charge in [0.2, 0.25) is 0 Å². The molecule has 8 heteroatoms. The molecule has 1 aliphatic heterocycles. The van der Waals surface area contributed by atoms with Crippen molar-refractivity contribution in [2.75, 3.05) is 16.9 Å². The maximum Gasteiger partial charge on any atom is 0.343 e. The Kier molecular flexibility index (Phi) is 6.25. The minimum absolute atomic E-state index is 0.138. The first kappa shape index (κ1) is 22.0. The third-order valence-electron chi connectivity index (χ3n) is 4.81. The zero-order valence-corrected chi connectivity index (χ0v) is 20.0. The highest BCUT2D eigenvalue weighted by Crippen LogP contribution is 2.36. The van der Waals surface area contributed by atoms with E-state index in [0.717, 1.165) is 9.80 Å². The van der Waals surface area contributed by atoms with E-state index >= 15 is 0 Å². The number of para-hydroxylation sites is 2. The summed E-state index contributed by atoms with van der Waals surface area (Å²) in [4.78, 5) is 42.0. The fourth-order valence-electron chi connectivity index (χ4n) is 3.36. The van der Waals surface area contributed by atoms with Gasteiger partial charge in [-0.3, -0.25) is 9.59 Å². The standard InChI is InChI=1S/C24H16Br2N2O4/c1-32-21-19(25)13-15(14-20(21)26)12-18-22(29)27(16-8-4-2-5-9-16)24(31)28(23(18)30)17-10-6-3-7-11-17/h2-14H,1H3. The fourth-order valence-corrected chi connectivity index (χ4v) is 4.91. The normalized spacial score (nSPS) is 14.1. The number of amides is 4. The smallest absolute Gasteiger partial charge is 0.343 e. The number of anilines is 2. The number of barbiturate groups is 1. The largest absolute Gasteiger partial charge is 0.494 e. The molecule has 1 saturated heterocycles. The topological polar surface area (TPSA) is 66.9 Å². The second kappa shape index (κ2) is 9.10. The van der Waals surface area contributed by atoms with Gasteiger partial charge in [0, 0.05) is 0 Å². The molecule has 4 amide bonds. The number of imide groups is 2. The third-order valence-corrected chi connectivity index (χ3v) is 5.99. The second-order valence-corrected chi connectivity index (χ2v) is 8.52. The Balaban J connectivity index is 1.87. The van der Waals surface area contributed by atoms with Gasteiger partial charge in [0.1, 0.15) is 11.3 Å². The van der Waals surface area contributed by atoms with E-state index in [9.17, 15) is 14.4 Å². The molecular weight excluding hydrogens is 540 g/mol. The monoisotopic (exact) mass is 554 g/mol. The number of urea groups is 1. The summed E-state index contributed by atoms with van der Waals surface area (Å²) in [5, 5.41) is 0. The van der Waals surface area contributed by atoms with E-state index in [2.05, 4.69) is 31.9 Å². The van der Waals surface area contributed by atoms with Crippen LogP contribution in [0, 0.1) is 0 Å². The lowest BCUT2D eigenvalue weighted by Crippen LogP contribution is -2.57. The van der Waals surface area contributed by atoms with Gasteiger partial charge in [-0.15, -0.1) is 0 Å². The van der Waals surface area contributed by atoms with Gasteiger partial charge < -0.3 is 4.74 Å². The summed E-state index contributed by atoms with van der Waals surface area (Å²) in [5.41, 5.74) is 1.19. The summed E-state index contributed by atoms with van der Waals surface area (Å²) in [6.07, 6.45) is 1.47. The van der Waals surface area contributed by atoms with Gasteiger partial charge in [-0.2, -0.15) is 0 Å². The highest BCUT2D eigenvalue weighted by Gasteiger charge is 2.43. The number of ether oxygens (including phenoxy) is 1. The van der Waals surface area contributed by atoms with Gasteiger partial charge in [-0.05, 0) is 79.9 Å². The number of halogens is 2. The van der Waals surface area contributed by atoms with E-state index in [1.165, 1.54) is 13.2 Å². The Labute approximate surface area is 201 Å². The molecule has 0 aliphatic carbocycles. The molecule has 1 aliphatic rings.